The molecule has 27 heavy (non-hydrogen) atoms. The highest BCUT2D eigenvalue weighted by Crippen LogP contribution is 2.26. The van der Waals surface area contributed by atoms with Crippen molar-refractivity contribution in [3.8, 4) is 0 Å². The Morgan fingerprint density at radius 2 is 1.93 bits per heavy atom. The van der Waals surface area contributed by atoms with Crippen molar-refractivity contribution in [2.75, 3.05) is 13.1 Å². The van der Waals surface area contributed by atoms with E-state index in [1.165, 1.54) is 48.2 Å². The highest BCUT2D eigenvalue weighted by atomic mass is 16.1. The number of H-pyrrole nitrogens is 1. The first-order valence-corrected chi connectivity index (χ1v) is 10.6. The fourth-order valence-electron chi connectivity index (χ4n) is 5.03. The van der Waals surface area contributed by atoms with Crippen LogP contribution in [0.2, 0.25) is 0 Å². The Hall–Kier alpha value is -1.95. The lowest BCUT2D eigenvalue weighted by Crippen LogP contribution is -2.37. The van der Waals surface area contributed by atoms with Gasteiger partial charge in [0.1, 0.15) is 0 Å². The van der Waals surface area contributed by atoms with Gasteiger partial charge >= 0.3 is 0 Å². The second kappa shape index (κ2) is 7.23. The van der Waals surface area contributed by atoms with Gasteiger partial charge in [-0.2, -0.15) is 10.2 Å². The molecule has 0 saturated carbocycles. The molecule has 0 atom stereocenters. The zero-order chi connectivity index (χ0) is 18.2. The third-order valence-electron chi connectivity index (χ3n) is 6.68. The van der Waals surface area contributed by atoms with Crippen molar-refractivity contribution in [2.45, 2.75) is 70.9 Å². The number of likely N-dealkylation sites (tertiary alicyclic amines) is 1. The van der Waals surface area contributed by atoms with E-state index in [4.69, 9.17) is 5.10 Å². The average Bonchev–Trinajstić information content (AvgIpc) is 3.29. The van der Waals surface area contributed by atoms with Crippen LogP contribution in [0, 0.1) is 5.92 Å². The molecule has 1 N–H and O–H groups in total. The molecule has 3 heterocycles. The van der Waals surface area contributed by atoms with Gasteiger partial charge < -0.3 is 0 Å². The standard InChI is InChI=1S/C21H29N5O/c27-21-12-16-4-1-2-6-18(16)24-26(21)13-15-8-10-25(11-9-15)14-20-17-5-3-7-19(17)22-23-20/h12,15H,1-11,13-14H2,(H,22,23). The molecule has 6 nitrogen and oxygen atoms in total. The molecular formula is C21H29N5O. The predicted octanol–water partition coefficient (Wildman–Crippen LogP) is 2.25. The SMILES string of the molecule is O=c1cc2c(nn1CC1CCN(Cc3n[nH]c4c3CCC4)CC1)CCCC2. The average molecular weight is 367 g/mol. The molecule has 1 aliphatic heterocycles. The Labute approximate surface area is 160 Å². The van der Waals surface area contributed by atoms with E-state index in [0.29, 0.717) is 5.92 Å². The summed E-state index contributed by atoms with van der Waals surface area (Å²) in [5.74, 6) is 0.554. The summed E-state index contributed by atoms with van der Waals surface area (Å²) in [7, 11) is 0. The molecule has 0 spiro atoms. The van der Waals surface area contributed by atoms with Gasteiger partial charge in [-0.15, -0.1) is 0 Å². The Morgan fingerprint density at radius 3 is 2.81 bits per heavy atom. The van der Waals surface area contributed by atoms with Gasteiger partial charge in [0, 0.05) is 24.8 Å². The molecule has 0 unspecified atom stereocenters. The Bertz CT molecular complexity index is 875. The number of aromatic nitrogens is 4. The summed E-state index contributed by atoms with van der Waals surface area (Å²) in [5.41, 5.74) is 6.52. The molecular weight excluding hydrogens is 338 g/mol. The van der Waals surface area contributed by atoms with E-state index in [-0.39, 0.29) is 5.56 Å². The molecule has 144 valence electrons. The summed E-state index contributed by atoms with van der Waals surface area (Å²) in [5, 5.41) is 12.5. The van der Waals surface area contributed by atoms with Gasteiger partial charge in [-0.25, -0.2) is 4.68 Å². The molecule has 2 aliphatic carbocycles. The van der Waals surface area contributed by atoms with E-state index in [2.05, 4.69) is 15.1 Å². The molecule has 2 aromatic rings. The minimum Gasteiger partial charge on any atom is -0.297 e. The van der Waals surface area contributed by atoms with Crippen LogP contribution < -0.4 is 5.56 Å². The molecule has 0 radical (unpaired) electrons. The van der Waals surface area contributed by atoms with Crippen molar-refractivity contribution < 1.29 is 0 Å². The molecule has 0 aromatic carbocycles. The minimum absolute atomic E-state index is 0.0881. The smallest absolute Gasteiger partial charge is 0.267 e. The van der Waals surface area contributed by atoms with Crippen LogP contribution >= 0.6 is 0 Å². The van der Waals surface area contributed by atoms with Crippen LogP contribution in [0.4, 0.5) is 0 Å². The van der Waals surface area contributed by atoms with Crippen molar-refractivity contribution in [2.24, 2.45) is 5.92 Å². The Balaban J connectivity index is 1.19. The van der Waals surface area contributed by atoms with E-state index in [1.807, 2.05) is 6.07 Å². The van der Waals surface area contributed by atoms with Gasteiger partial charge in [0.2, 0.25) is 0 Å². The lowest BCUT2D eigenvalue weighted by molar-refractivity contribution is 0.161. The lowest BCUT2D eigenvalue weighted by atomic mass is 9.95. The van der Waals surface area contributed by atoms with Crippen molar-refractivity contribution in [1.82, 2.24) is 24.9 Å². The van der Waals surface area contributed by atoms with Gasteiger partial charge in [-0.05, 0) is 87.9 Å². The summed E-state index contributed by atoms with van der Waals surface area (Å²) in [6, 6.07) is 1.84. The number of hydrogen-bond acceptors (Lipinski definition) is 4. The second-order valence-corrected chi connectivity index (χ2v) is 8.54. The maximum atomic E-state index is 12.4. The topological polar surface area (TPSA) is 66.8 Å². The van der Waals surface area contributed by atoms with Crippen molar-refractivity contribution in [1.29, 1.82) is 0 Å². The van der Waals surface area contributed by atoms with Gasteiger partial charge in [-0.3, -0.25) is 14.8 Å². The summed E-state index contributed by atoms with van der Waals surface area (Å²) in [4.78, 5) is 14.9. The molecule has 0 bridgehead atoms. The van der Waals surface area contributed by atoms with Crippen LogP contribution in [0.25, 0.3) is 0 Å². The summed E-state index contributed by atoms with van der Waals surface area (Å²) < 4.78 is 1.74. The molecule has 1 saturated heterocycles. The number of hydrogen-bond donors (Lipinski definition) is 1. The van der Waals surface area contributed by atoms with Crippen molar-refractivity contribution >= 4 is 0 Å². The van der Waals surface area contributed by atoms with Gasteiger partial charge in [0.05, 0.1) is 11.4 Å². The Morgan fingerprint density at radius 1 is 1.07 bits per heavy atom. The maximum absolute atomic E-state index is 12.4. The normalized spacial score (nSPS) is 20.6. The zero-order valence-electron chi connectivity index (χ0n) is 16.0. The third kappa shape index (κ3) is 3.47. The summed E-state index contributed by atoms with van der Waals surface area (Å²) in [6.07, 6.45) is 10.3. The van der Waals surface area contributed by atoms with E-state index in [1.54, 1.807) is 4.68 Å². The molecule has 6 heteroatoms. The van der Waals surface area contributed by atoms with Crippen LogP contribution in [-0.2, 0) is 38.8 Å². The first kappa shape index (κ1) is 17.2. The van der Waals surface area contributed by atoms with Crippen LogP contribution in [0.5, 0.6) is 0 Å². The lowest BCUT2D eigenvalue weighted by Gasteiger charge is -2.31. The number of piperidine rings is 1. The number of aromatic amines is 1. The number of fused-ring (bicyclic) bond motifs is 2. The number of nitrogens with zero attached hydrogens (tertiary/aromatic N) is 4. The highest BCUT2D eigenvalue weighted by molar-refractivity contribution is 5.29. The van der Waals surface area contributed by atoms with Crippen molar-refractivity contribution in [3.63, 3.8) is 0 Å². The fraction of sp³-hybridized carbons (Fsp3) is 0.667. The van der Waals surface area contributed by atoms with Crippen LogP contribution in [-0.4, -0.2) is 38.0 Å². The zero-order valence-corrected chi connectivity index (χ0v) is 16.0. The number of aryl methyl sites for hydroxylation is 3. The number of nitrogens with one attached hydrogen (secondary N) is 1. The molecule has 0 amide bonds. The van der Waals surface area contributed by atoms with Gasteiger partial charge in [0.15, 0.2) is 0 Å². The first-order chi connectivity index (χ1) is 13.3. The quantitative estimate of drug-likeness (QED) is 0.900. The van der Waals surface area contributed by atoms with Crippen molar-refractivity contribution in [3.05, 3.63) is 44.6 Å². The van der Waals surface area contributed by atoms with Crippen LogP contribution in [0.3, 0.4) is 0 Å². The molecule has 3 aliphatic rings. The van der Waals surface area contributed by atoms with Crippen LogP contribution in [0.15, 0.2) is 10.9 Å². The van der Waals surface area contributed by atoms with E-state index < -0.39 is 0 Å². The third-order valence-corrected chi connectivity index (χ3v) is 6.68. The largest absolute Gasteiger partial charge is 0.297 e. The highest BCUT2D eigenvalue weighted by Gasteiger charge is 2.24. The van der Waals surface area contributed by atoms with E-state index >= 15 is 0 Å². The summed E-state index contributed by atoms with van der Waals surface area (Å²) in [6.45, 7) is 3.92. The molecule has 1 fully saturated rings. The first-order valence-electron chi connectivity index (χ1n) is 10.6. The predicted molar refractivity (Wildman–Crippen MR) is 104 cm³/mol. The Kier molecular flexibility index (Phi) is 4.60. The summed E-state index contributed by atoms with van der Waals surface area (Å²) >= 11 is 0. The van der Waals surface area contributed by atoms with E-state index in [0.717, 1.165) is 64.0 Å². The second-order valence-electron chi connectivity index (χ2n) is 8.54. The maximum Gasteiger partial charge on any atom is 0.267 e. The monoisotopic (exact) mass is 367 g/mol. The van der Waals surface area contributed by atoms with Gasteiger partial charge in [-0.1, -0.05) is 0 Å². The molecule has 2 aromatic heterocycles. The number of rotatable bonds is 4. The minimum atomic E-state index is 0.0881. The molecule has 5 rings (SSSR count). The van der Waals surface area contributed by atoms with Crippen LogP contribution in [0.1, 0.15) is 60.3 Å². The van der Waals surface area contributed by atoms with E-state index in [9.17, 15) is 4.79 Å². The fourth-order valence-corrected chi connectivity index (χ4v) is 5.03. The van der Waals surface area contributed by atoms with Gasteiger partial charge in [0.25, 0.3) is 5.56 Å².